The summed E-state index contributed by atoms with van der Waals surface area (Å²) in [4.78, 5) is 66.3. The Bertz CT molecular complexity index is 1310. The molecule has 0 aliphatic carbocycles. The highest BCUT2D eigenvalue weighted by Gasteiger charge is 2.30. The van der Waals surface area contributed by atoms with E-state index in [1.807, 2.05) is 0 Å². The number of carbonyl (C=O) groups excluding carboxylic acids is 3. The van der Waals surface area contributed by atoms with Gasteiger partial charge in [-0.1, -0.05) is 12.1 Å². The van der Waals surface area contributed by atoms with Gasteiger partial charge in [-0.15, -0.1) is 0 Å². The third-order valence-electron chi connectivity index (χ3n) is 6.48. The molecular formula is C27H42N12O6. The van der Waals surface area contributed by atoms with E-state index in [-0.39, 0.29) is 62.9 Å². The molecule has 45 heavy (non-hydrogen) atoms. The van der Waals surface area contributed by atoms with Crippen molar-refractivity contribution in [1.29, 1.82) is 0 Å². The predicted molar refractivity (Wildman–Crippen MR) is 165 cm³/mol. The summed E-state index contributed by atoms with van der Waals surface area (Å²) in [5.41, 5.74) is 28.7. The minimum atomic E-state index is -1.35. The first-order valence-electron chi connectivity index (χ1n) is 14.1. The highest BCUT2D eigenvalue weighted by molar-refractivity contribution is 5.94. The molecule has 0 saturated heterocycles. The van der Waals surface area contributed by atoms with E-state index in [9.17, 15) is 29.4 Å². The lowest BCUT2D eigenvalue weighted by Crippen LogP contribution is -2.57. The van der Waals surface area contributed by atoms with Crippen LogP contribution in [0.2, 0.25) is 0 Å². The van der Waals surface area contributed by atoms with E-state index >= 15 is 0 Å². The molecule has 246 valence electrons. The summed E-state index contributed by atoms with van der Waals surface area (Å²) in [6.07, 6.45) is 3.67. The van der Waals surface area contributed by atoms with Crippen LogP contribution >= 0.6 is 0 Å². The fraction of sp³-hybridized carbons (Fsp3) is 0.444. The lowest BCUT2D eigenvalue weighted by molar-refractivity contribution is -0.142. The Kier molecular flexibility index (Phi) is 14.6. The molecule has 1 aromatic heterocycles. The van der Waals surface area contributed by atoms with Crippen LogP contribution in [0.3, 0.4) is 0 Å². The van der Waals surface area contributed by atoms with Gasteiger partial charge < -0.3 is 59.8 Å². The zero-order valence-corrected chi connectivity index (χ0v) is 24.7. The molecule has 0 aliphatic heterocycles. The molecule has 0 saturated carbocycles. The van der Waals surface area contributed by atoms with Crippen LogP contribution < -0.4 is 44.6 Å². The molecule has 4 atom stereocenters. The Hall–Kier alpha value is -5.39. The number of nitrogens with two attached hydrogens (primary N) is 5. The van der Waals surface area contributed by atoms with Crippen LogP contribution in [0.4, 0.5) is 0 Å². The van der Waals surface area contributed by atoms with E-state index in [2.05, 4.69) is 35.9 Å². The van der Waals surface area contributed by atoms with Crippen LogP contribution in [0.1, 0.15) is 36.9 Å². The summed E-state index contributed by atoms with van der Waals surface area (Å²) < 4.78 is 0. The summed E-state index contributed by atoms with van der Waals surface area (Å²) in [7, 11) is 0. The highest BCUT2D eigenvalue weighted by atomic mass is 16.4. The second-order valence-electron chi connectivity index (χ2n) is 10.2. The summed E-state index contributed by atoms with van der Waals surface area (Å²) in [6, 6.07) is 1.11. The molecule has 2 rings (SSSR count). The maximum absolute atomic E-state index is 13.5. The molecule has 0 fully saturated rings. The summed E-state index contributed by atoms with van der Waals surface area (Å²) in [5, 5.41) is 27.0. The van der Waals surface area contributed by atoms with Gasteiger partial charge in [0.05, 0.1) is 12.4 Å². The van der Waals surface area contributed by atoms with Crippen molar-refractivity contribution in [2.24, 2.45) is 38.7 Å². The smallest absolute Gasteiger partial charge is 0.326 e. The normalized spacial score (nSPS) is 13.4. The number of aromatic amines is 1. The van der Waals surface area contributed by atoms with Gasteiger partial charge in [-0.25, -0.2) is 9.78 Å². The first kappa shape index (κ1) is 35.8. The quantitative estimate of drug-likeness (QED) is 0.0417. The number of aliphatic carboxylic acids is 1. The number of benzene rings is 1. The average molecular weight is 631 g/mol. The number of aliphatic imine (C=N–C) groups is 2. The Labute approximate surface area is 259 Å². The number of carboxylic acids is 1. The van der Waals surface area contributed by atoms with Crippen molar-refractivity contribution in [2.45, 2.75) is 62.7 Å². The molecule has 1 aromatic carbocycles. The van der Waals surface area contributed by atoms with E-state index in [4.69, 9.17) is 28.7 Å². The maximum Gasteiger partial charge on any atom is 0.326 e. The molecular weight excluding hydrogens is 588 g/mol. The minimum absolute atomic E-state index is 0.000389. The zero-order chi connectivity index (χ0) is 33.4. The molecule has 18 heteroatoms. The minimum Gasteiger partial charge on any atom is -0.508 e. The fourth-order valence-corrected chi connectivity index (χ4v) is 4.16. The van der Waals surface area contributed by atoms with Gasteiger partial charge in [0.1, 0.15) is 23.9 Å². The molecule has 0 radical (unpaired) electrons. The van der Waals surface area contributed by atoms with E-state index < -0.39 is 47.9 Å². The number of aromatic nitrogens is 2. The number of phenolic OH excluding ortho intramolecular Hbond substituents is 1. The van der Waals surface area contributed by atoms with E-state index in [1.165, 1.54) is 36.8 Å². The summed E-state index contributed by atoms with van der Waals surface area (Å²) in [6.45, 7) is 0.307. The van der Waals surface area contributed by atoms with Crippen molar-refractivity contribution in [1.82, 2.24) is 25.9 Å². The van der Waals surface area contributed by atoms with Crippen LogP contribution in [-0.2, 0) is 32.0 Å². The van der Waals surface area contributed by atoms with E-state index in [1.54, 1.807) is 0 Å². The highest BCUT2D eigenvalue weighted by Crippen LogP contribution is 2.12. The van der Waals surface area contributed by atoms with Crippen LogP contribution in [0.5, 0.6) is 5.75 Å². The Balaban J connectivity index is 2.21. The summed E-state index contributed by atoms with van der Waals surface area (Å²) >= 11 is 0. The summed E-state index contributed by atoms with van der Waals surface area (Å²) in [5.74, 6) is -3.72. The van der Waals surface area contributed by atoms with Crippen LogP contribution in [0, 0.1) is 0 Å². The number of guanidine groups is 2. The van der Waals surface area contributed by atoms with Gasteiger partial charge >= 0.3 is 5.97 Å². The fourth-order valence-electron chi connectivity index (χ4n) is 4.16. The van der Waals surface area contributed by atoms with Crippen molar-refractivity contribution in [3.05, 3.63) is 48.0 Å². The van der Waals surface area contributed by atoms with Gasteiger partial charge in [-0.3, -0.25) is 24.4 Å². The Morgan fingerprint density at radius 1 is 0.800 bits per heavy atom. The van der Waals surface area contributed by atoms with Gasteiger partial charge in [0, 0.05) is 37.8 Å². The number of nitrogens with zero attached hydrogens (tertiary/aromatic N) is 3. The maximum atomic E-state index is 13.5. The van der Waals surface area contributed by atoms with Gasteiger partial charge in [0.15, 0.2) is 11.9 Å². The Morgan fingerprint density at radius 2 is 1.31 bits per heavy atom. The Morgan fingerprint density at radius 3 is 1.78 bits per heavy atom. The molecule has 3 amide bonds. The molecule has 18 nitrogen and oxygen atoms in total. The predicted octanol–water partition coefficient (Wildman–Crippen LogP) is -3.13. The molecule has 0 bridgehead atoms. The number of hydrogen-bond donors (Lipinski definition) is 11. The van der Waals surface area contributed by atoms with Crippen molar-refractivity contribution in [3.8, 4) is 5.75 Å². The number of hydrogen-bond acceptors (Lipinski definition) is 9. The standard InChI is InChI=1S/C27H42N12O6/c28-18(12-16-13-33-14-36-16)22(41)37-19(3-1-9-34-26(29)30)23(42)38-20(4-2-10-35-27(31)32)24(43)39-21(25(44)45)11-15-5-7-17(40)8-6-15/h5-8,13-14,18-21,40H,1-4,9-12,28H2,(H,33,36)(H,37,41)(H,38,42)(H,39,43)(H,44,45)(H4,29,30,34)(H4,31,32,35). The zero-order valence-electron chi connectivity index (χ0n) is 24.7. The van der Waals surface area contributed by atoms with Gasteiger partial charge in [0.2, 0.25) is 17.7 Å². The third-order valence-corrected chi connectivity index (χ3v) is 6.48. The number of carboxylic acid groups (broad SMARTS) is 1. The van der Waals surface area contributed by atoms with Crippen molar-refractivity contribution in [3.63, 3.8) is 0 Å². The molecule has 0 aliphatic rings. The van der Waals surface area contributed by atoms with Crippen LogP contribution in [0.25, 0.3) is 0 Å². The number of phenols is 1. The largest absolute Gasteiger partial charge is 0.508 e. The second-order valence-corrected chi connectivity index (χ2v) is 10.2. The number of rotatable bonds is 19. The number of amides is 3. The van der Waals surface area contributed by atoms with E-state index in [0.717, 1.165) is 0 Å². The lowest BCUT2D eigenvalue weighted by Gasteiger charge is -2.25. The van der Waals surface area contributed by atoms with Crippen LogP contribution in [0.15, 0.2) is 46.8 Å². The number of imidazole rings is 1. The molecule has 1 heterocycles. The van der Waals surface area contributed by atoms with Gasteiger partial charge in [-0.2, -0.15) is 0 Å². The van der Waals surface area contributed by atoms with Crippen LogP contribution in [-0.4, -0.2) is 93.0 Å². The second kappa shape index (κ2) is 18.3. The first-order chi connectivity index (χ1) is 21.3. The van der Waals surface area contributed by atoms with Crippen molar-refractivity contribution < 1.29 is 29.4 Å². The average Bonchev–Trinajstić information content (AvgIpc) is 3.49. The molecule has 4 unspecified atom stereocenters. The number of aromatic hydroxyl groups is 1. The van der Waals surface area contributed by atoms with Gasteiger partial charge in [0.25, 0.3) is 0 Å². The monoisotopic (exact) mass is 630 g/mol. The van der Waals surface area contributed by atoms with E-state index in [0.29, 0.717) is 17.7 Å². The van der Waals surface area contributed by atoms with Crippen molar-refractivity contribution >= 4 is 35.6 Å². The number of H-pyrrole nitrogens is 1. The SMILES string of the molecule is NC(N)=NCCCC(NC(=O)C(N)Cc1cnc[nH]1)C(=O)NC(CCCN=C(N)N)C(=O)NC(Cc1ccc(O)cc1)C(=O)O. The molecule has 0 spiro atoms. The first-order valence-corrected chi connectivity index (χ1v) is 14.1. The number of nitrogens with one attached hydrogen (secondary N) is 4. The lowest BCUT2D eigenvalue weighted by atomic mass is 10.0. The number of carbonyl (C=O) groups is 4. The van der Waals surface area contributed by atoms with Gasteiger partial charge in [-0.05, 0) is 43.4 Å². The molecule has 16 N–H and O–H groups in total. The topological polar surface area (TPSA) is 328 Å². The third kappa shape index (κ3) is 13.6. The van der Waals surface area contributed by atoms with Crippen molar-refractivity contribution in [2.75, 3.05) is 13.1 Å². The molecule has 2 aromatic rings.